The standard InChI is InChI=1S/C19H26N4O2/c1-13-6-9-17(14(2)12-13)25-19-16(8-7-15(3)21-19)18(22-24)20-10-11-23(4)5/h6-9,12,24H,10-11H2,1-5H3,(H,20,22). The molecule has 2 N–H and O–H groups in total. The van der Waals surface area contributed by atoms with Crippen molar-refractivity contribution in [3.8, 4) is 11.6 Å². The van der Waals surface area contributed by atoms with E-state index in [0.29, 0.717) is 23.8 Å². The highest BCUT2D eigenvalue weighted by molar-refractivity contribution is 6.00. The van der Waals surface area contributed by atoms with E-state index in [0.717, 1.165) is 23.6 Å². The Morgan fingerprint density at radius 2 is 1.96 bits per heavy atom. The smallest absolute Gasteiger partial charge is 0.230 e. The molecule has 1 aromatic carbocycles. The molecular weight excluding hydrogens is 316 g/mol. The normalized spacial score (nSPS) is 11.7. The van der Waals surface area contributed by atoms with Crippen LogP contribution in [0.15, 0.2) is 35.3 Å². The Morgan fingerprint density at radius 1 is 1.20 bits per heavy atom. The Kier molecular flexibility index (Phi) is 6.50. The summed E-state index contributed by atoms with van der Waals surface area (Å²) in [6, 6.07) is 9.69. The van der Waals surface area contributed by atoms with Gasteiger partial charge in [0.25, 0.3) is 0 Å². The van der Waals surface area contributed by atoms with E-state index in [-0.39, 0.29) is 0 Å². The Labute approximate surface area is 149 Å². The zero-order chi connectivity index (χ0) is 18.4. The van der Waals surface area contributed by atoms with Crippen molar-refractivity contribution in [2.45, 2.75) is 20.8 Å². The first-order valence-corrected chi connectivity index (χ1v) is 8.23. The average Bonchev–Trinajstić information content (AvgIpc) is 2.55. The van der Waals surface area contributed by atoms with E-state index >= 15 is 0 Å². The molecule has 0 amide bonds. The fourth-order valence-electron chi connectivity index (χ4n) is 2.35. The molecule has 1 aromatic heterocycles. The van der Waals surface area contributed by atoms with Gasteiger partial charge in [0.15, 0.2) is 5.84 Å². The molecule has 0 fully saturated rings. The van der Waals surface area contributed by atoms with Crippen molar-refractivity contribution in [3.05, 3.63) is 52.7 Å². The molecule has 0 saturated heterocycles. The van der Waals surface area contributed by atoms with Crippen molar-refractivity contribution in [1.82, 2.24) is 15.4 Å². The van der Waals surface area contributed by atoms with Gasteiger partial charge in [-0.15, -0.1) is 0 Å². The van der Waals surface area contributed by atoms with Gasteiger partial charge in [-0.3, -0.25) is 15.7 Å². The molecule has 0 aliphatic rings. The van der Waals surface area contributed by atoms with Crippen LogP contribution in [0.5, 0.6) is 11.6 Å². The number of nitrogens with one attached hydrogen (secondary N) is 1. The summed E-state index contributed by atoms with van der Waals surface area (Å²) in [7, 11) is 3.95. The lowest BCUT2D eigenvalue weighted by atomic mass is 10.1. The van der Waals surface area contributed by atoms with Crippen LogP contribution in [0.4, 0.5) is 0 Å². The van der Waals surface area contributed by atoms with Crippen molar-refractivity contribution in [2.75, 3.05) is 27.2 Å². The van der Waals surface area contributed by atoms with Gasteiger partial charge in [-0.1, -0.05) is 17.7 Å². The van der Waals surface area contributed by atoms with Crippen LogP contribution < -0.4 is 10.2 Å². The first kappa shape index (κ1) is 18.9. The fourth-order valence-corrected chi connectivity index (χ4v) is 2.35. The summed E-state index contributed by atoms with van der Waals surface area (Å²) in [4.78, 5) is 10.9. The van der Waals surface area contributed by atoms with Crippen molar-refractivity contribution >= 4 is 5.84 Å². The van der Waals surface area contributed by atoms with Crippen LogP contribution in [0.25, 0.3) is 0 Å². The maximum absolute atomic E-state index is 9.52. The molecule has 0 unspecified atom stereocenters. The third-order valence-electron chi connectivity index (χ3n) is 3.71. The van der Waals surface area contributed by atoms with E-state index in [4.69, 9.17) is 4.74 Å². The van der Waals surface area contributed by atoms with Crippen LogP contribution in [-0.2, 0) is 0 Å². The third kappa shape index (κ3) is 5.27. The minimum atomic E-state index is 0.342. The van der Waals surface area contributed by atoms with Gasteiger partial charge in [0.05, 0.1) is 12.1 Å². The lowest BCUT2D eigenvalue weighted by Crippen LogP contribution is -2.24. The Morgan fingerprint density at radius 3 is 2.60 bits per heavy atom. The summed E-state index contributed by atoms with van der Waals surface area (Å²) < 4.78 is 6.03. The number of aromatic nitrogens is 1. The van der Waals surface area contributed by atoms with E-state index in [1.165, 1.54) is 5.56 Å². The summed E-state index contributed by atoms with van der Waals surface area (Å²) in [5.41, 5.74) is 5.82. The zero-order valence-electron chi connectivity index (χ0n) is 15.5. The van der Waals surface area contributed by atoms with E-state index in [2.05, 4.69) is 21.5 Å². The van der Waals surface area contributed by atoms with Gasteiger partial charge in [0.1, 0.15) is 5.75 Å². The Hall–Kier alpha value is -2.44. The molecule has 134 valence electrons. The molecule has 0 aliphatic carbocycles. The molecule has 0 atom stereocenters. The summed E-state index contributed by atoms with van der Waals surface area (Å²) in [5, 5.41) is 9.52. The van der Waals surface area contributed by atoms with Crippen LogP contribution in [-0.4, -0.2) is 48.1 Å². The molecule has 2 rings (SSSR count). The second-order valence-corrected chi connectivity index (χ2v) is 6.32. The number of rotatable bonds is 6. The predicted molar refractivity (Wildman–Crippen MR) is 99.8 cm³/mol. The van der Waals surface area contributed by atoms with Crippen molar-refractivity contribution in [3.63, 3.8) is 0 Å². The van der Waals surface area contributed by atoms with Crippen LogP contribution in [0.2, 0.25) is 0 Å². The predicted octanol–water partition coefficient (Wildman–Crippen LogP) is 3.09. The monoisotopic (exact) mass is 342 g/mol. The summed E-state index contributed by atoms with van der Waals surface area (Å²) >= 11 is 0. The maximum Gasteiger partial charge on any atom is 0.230 e. The van der Waals surface area contributed by atoms with E-state index in [1.807, 2.05) is 64.0 Å². The molecule has 0 bridgehead atoms. The highest BCUT2D eigenvalue weighted by Crippen LogP contribution is 2.27. The van der Waals surface area contributed by atoms with Gasteiger partial charge in [0.2, 0.25) is 5.88 Å². The maximum atomic E-state index is 9.52. The average molecular weight is 342 g/mol. The van der Waals surface area contributed by atoms with Gasteiger partial charge in [-0.2, -0.15) is 0 Å². The molecule has 0 spiro atoms. The van der Waals surface area contributed by atoms with Gasteiger partial charge in [-0.05, 0) is 58.6 Å². The molecule has 1 heterocycles. The number of hydroxylamine groups is 1. The quantitative estimate of drug-likeness (QED) is 0.480. The van der Waals surface area contributed by atoms with Crippen LogP contribution in [0, 0.1) is 20.8 Å². The zero-order valence-corrected chi connectivity index (χ0v) is 15.5. The third-order valence-corrected chi connectivity index (χ3v) is 3.71. The molecule has 0 aliphatic heterocycles. The minimum absolute atomic E-state index is 0.342. The lowest BCUT2D eigenvalue weighted by molar-refractivity contribution is 0.234. The molecule has 25 heavy (non-hydrogen) atoms. The number of benzene rings is 1. The fraction of sp³-hybridized carbons (Fsp3) is 0.368. The molecule has 6 heteroatoms. The second kappa shape index (κ2) is 8.60. The van der Waals surface area contributed by atoms with Gasteiger partial charge in [-0.25, -0.2) is 4.98 Å². The number of hydrogen-bond donors (Lipinski definition) is 2. The molecule has 6 nitrogen and oxygen atoms in total. The highest BCUT2D eigenvalue weighted by atomic mass is 16.5. The number of amidine groups is 1. The van der Waals surface area contributed by atoms with Crippen LogP contribution in [0.1, 0.15) is 22.4 Å². The van der Waals surface area contributed by atoms with E-state index < -0.39 is 0 Å². The topological polar surface area (TPSA) is 70.0 Å². The number of hydrogen-bond acceptors (Lipinski definition) is 5. The molecule has 0 radical (unpaired) electrons. The second-order valence-electron chi connectivity index (χ2n) is 6.32. The number of aliphatic imine (C=N–C) groups is 1. The summed E-state index contributed by atoms with van der Waals surface area (Å²) in [5.74, 6) is 1.49. The number of aryl methyl sites for hydroxylation is 3. The molecule has 0 saturated carbocycles. The number of ether oxygens (including phenoxy) is 1. The highest BCUT2D eigenvalue weighted by Gasteiger charge is 2.14. The molecule has 2 aromatic rings. The number of pyridine rings is 1. The van der Waals surface area contributed by atoms with Gasteiger partial charge < -0.3 is 9.64 Å². The molecular formula is C19H26N4O2. The summed E-state index contributed by atoms with van der Waals surface area (Å²) in [6.45, 7) is 7.25. The lowest BCUT2D eigenvalue weighted by Gasteiger charge is -2.14. The van der Waals surface area contributed by atoms with Gasteiger partial charge in [0, 0.05) is 12.2 Å². The Bertz CT molecular complexity index is 757. The van der Waals surface area contributed by atoms with Crippen molar-refractivity contribution < 1.29 is 9.94 Å². The van der Waals surface area contributed by atoms with Crippen LogP contribution in [0.3, 0.4) is 0 Å². The first-order chi connectivity index (χ1) is 11.9. The minimum Gasteiger partial charge on any atom is -0.438 e. The SMILES string of the molecule is Cc1ccc(Oc2nc(C)ccc2C(=NCCN(C)C)NO)c(C)c1. The Balaban J connectivity index is 2.35. The largest absolute Gasteiger partial charge is 0.438 e. The number of nitrogens with zero attached hydrogens (tertiary/aromatic N) is 3. The first-order valence-electron chi connectivity index (χ1n) is 8.23. The number of likely N-dealkylation sites (N-methyl/N-ethyl adjacent to an activating group) is 1. The van der Waals surface area contributed by atoms with E-state index in [9.17, 15) is 5.21 Å². The van der Waals surface area contributed by atoms with Gasteiger partial charge >= 0.3 is 0 Å². The summed E-state index contributed by atoms with van der Waals surface area (Å²) in [6.07, 6.45) is 0. The van der Waals surface area contributed by atoms with Crippen molar-refractivity contribution in [2.24, 2.45) is 4.99 Å². The van der Waals surface area contributed by atoms with Crippen molar-refractivity contribution in [1.29, 1.82) is 0 Å². The van der Waals surface area contributed by atoms with Crippen LogP contribution >= 0.6 is 0 Å². The van der Waals surface area contributed by atoms with E-state index in [1.54, 1.807) is 0 Å².